The Kier molecular flexibility index (Phi) is 3.55. The highest BCUT2D eigenvalue weighted by atomic mass is 19.1. The van der Waals surface area contributed by atoms with Gasteiger partial charge in [0.25, 0.3) is 0 Å². The topological polar surface area (TPSA) is 50.2 Å². The number of pyridine rings is 1. The summed E-state index contributed by atoms with van der Waals surface area (Å²) in [6.07, 6.45) is 1.41. The molecule has 3 aromatic rings. The number of hydrogen-bond acceptors (Lipinski definition) is 3. The van der Waals surface area contributed by atoms with Crippen LogP contribution in [-0.4, -0.2) is 15.9 Å². The highest BCUT2D eigenvalue weighted by Gasteiger charge is 2.15. The van der Waals surface area contributed by atoms with Gasteiger partial charge in [0.1, 0.15) is 0 Å². The highest BCUT2D eigenvalue weighted by molar-refractivity contribution is 6.07. The number of nitrogens with zero attached hydrogens (tertiary/aromatic N) is 1. The lowest BCUT2D eigenvalue weighted by atomic mass is 10.00. The normalized spacial score (nSPS) is 10.8. The minimum Gasteiger partial charge on any atom is -0.503 e. The van der Waals surface area contributed by atoms with Crippen LogP contribution < -0.4 is 0 Å². The van der Waals surface area contributed by atoms with Crippen LogP contribution >= 0.6 is 0 Å². The summed E-state index contributed by atoms with van der Waals surface area (Å²) in [6.45, 7) is 0. The second kappa shape index (κ2) is 5.52. The van der Waals surface area contributed by atoms with Crippen LogP contribution in [0.25, 0.3) is 10.9 Å². The number of phenolic OH excluding ortho intramolecular Hbond substituents is 1. The number of para-hydroxylation sites is 1. The largest absolute Gasteiger partial charge is 0.503 e. The van der Waals surface area contributed by atoms with E-state index in [4.69, 9.17) is 5.11 Å². The Bertz CT molecular complexity index is 849. The molecule has 0 saturated heterocycles. The highest BCUT2D eigenvalue weighted by Crippen LogP contribution is 2.23. The number of Topliss-reactive ketones (excluding diaryl/α,β-unsaturated/α-hetero) is 1. The molecule has 0 atom stereocenters. The fourth-order valence-electron chi connectivity index (χ4n) is 2.33. The van der Waals surface area contributed by atoms with Crippen LogP contribution in [0.1, 0.15) is 15.9 Å². The van der Waals surface area contributed by atoms with E-state index in [1.165, 1.54) is 0 Å². The van der Waals surface area contributed by atoms with Crippen molar-refractivity contribution >= 4 is 16.7 Å². The molecule has 1 N–H and O–H groups in total. The number of aromatic hydroxyl groups is 1. The molecule has 0 bridgehead atoms. The Hall–Kier alpha value is -2.82. The number of halogens is 2. The predicted octanol–water partition coefficient (Wildman–Crippen LogP) is 3.64. The van der Waals surface area contributed by atoms with Gasteiger partial charge in [-0.2, -0.15) is 0 Å². The number of fused-ring (bicyclic) bond motifs is 1. The van der Waals surface area contributed by atoms with Crippen LogP contribution in [0.2, 0.25) is 0 Å². The van der Waals surface area contributed by atoms with E-state index in [0.717, 1.165) is 17.5 Å². The third-order valence-electron chi connectivity index (χ3n) is 3.37. The van der Waals surface area contributed by atoms with E-state index in [2.05, 4.69) is 4.98 Å². The second-order valence-electron chi connectivity index (χ2n) is 4.89. The molecule has 0 amide bonds. The number of carbonyl (C=O) groups is 1. The van der Waals surface area contributed by atoms with Crippen molar-refractivity contribution in [1.82, 2.24) is 4.98 Å². The third kappa shape index (κ3) is 2.53. The predicted molar refractivity (Wildman–Crippen MR) is 77.8 cm³/mol. The Balaban J connectivity index is 1.97. The first kappa shape index (κ1) is 14.1. The van der Waals surface area contributed by atoms with E-state index >= 15 is 0 Å². The summed E-state index contributed by atoms with van der Waals surface area (Å²) in [5.41, 5.74) is 1.10. The zero-order valence-corrected chi connectivity index (χ0v) is 11.4. The number of hydrogen-bond donors (Lipinski definition) is 1. The monoisotopic (exact) mass is 299 g/mol. The standard InChI is InChI=1S/C17H11F2NO2/c18-13-7-10(8-14(19)17(13)22)9-15(21)12-5-1-3-11-4-2-6-20-16(11)12/h1-8,22H,9H2. The van der Waals surface area contributed by atoms with Gasteiger partial charge >= 0.3 is 0 Å². The Labute approximate surface area is 124 Å². The fourth-order valence-corrected chi connectivity index (χ4v) is 2.33. The molecule has 0 aliphatic carbocycles. The molecule has 3 nitrogen and oxygen atoms in total. The maximum atomic E-state index is 13.3. The first-order valence-corrected chi connectivity index (χ1v) is 6.60. The Morgan fingerprint density at radius 2 is 1.77 bits per heavy atom. The molecular weight excluding hydrogens is 288 g/mol. The summed E-state index contributed by atoms with van der Waals surface area (Å²) in [5, 5.41) is 9.89. The van der Waals surface area contributed by atoms with E-state index in [0.29, 0.717) is 11.1 Å². The molecule has 0 unspecified atom stereocenters. The van der Waals surface area contributed by atoms with Gasteiger partial charge in [-0.05, 0) is 29.8 Å². The summed E-state index contributed by atoms with van der Waals surface area (Å²) in [5.74, 6) is -3.51. The lowest BCUT2D eigenvalue weighted by molar-refractivity contribution is 0.0994. The molecule has 3 rings (SSSR count). The van der Waals surface area contributed by atoms with E-state index < -0.39 is 17.4 Å². The SMILES string of the molecule is O=C(Cc1cc(F)c(O)c(F)c1)c1cccc2cccnc12. The van der Waals surface area contributed by atoms with Crippen molar-refractivity contribution in [2.75, 3.05) is 0 Å². The van der Waals surface area contributed by atoms with Crippen molar-refractivity contribution in [2.45, 2.75) is 6.42 Å². The average Bonchev–Trinajstić information content (AvgIpc) is 2.52. The van der Waals surface area contributed by atoms with Crippen molar-refractivity contribution < 1.29 is 18.7 Å². The van der Waals surface area contributed by atoms with Crippen LogP contribution in [0.4, 0.5) is 8.78 Å². The minimum absolute atomic E-state index is 0.158. The van der Waals surface area contributed by atoms with Crippen LogP contribution in [0.3, 0.4) is 0 Å². The molecule has 0 aliphatic rings. The molecule has 0 spiro atoms. The van der Waals surface area contributed by atoms with Gasteiger partial charge in [0.2, 0.25) is 0 Å². The molecule has 2 aromatic carbocycles. The van der Waals surface area contributed by atoms with Gasteiger partial charge in [-0.3, -0.25) is 9.78 Å². The summed E-state index contributed by atoms with van der Waals surface area (Å²) in [6, 6.07) is 10.7. The van der Waals surface area contributed by atoms with Crippen molar-refractivity contribution in [3.63, 3.8) is 0 Å². The molecule has 0 saturated carbocycles. The van der Waals surface area contributed by atoms with Gasteiger partial charge in [0.15, 0.2) is 23.2 Å². The van der Waals surface area contributed by atoms with E-state index in [1.54, 1.807) is 24.4 Å². The number of rotatable bonds is 3. The number of ketones is 1. The minimum atomic E-state index is -1.08. The molecule has 1 aromatic heterocycles. The molecule has 110 valence electrons. The maximum Gasteiger partial charge on any atom is 0.187 e. The molecule has 0 radical (unpaired) electrons. The van der Waals surface area contributed by atoms with Gasteiger partial charge in [-0.1, -0.05) is 18.2 Å². The fraction of sp³-hybridized carbons (Fsp3) is 0.0588. The van der Waals surface area contributed by atoms with Crippen LogP contribution in [-0.2, 0) is 6.42 Å². The van der Waals surface area contributed by atoms with Crippen LogP contribution in [0, 0.1) is 11.6 Å². The van der Waals surface area contributed by atoms with Crippen molar-refractivity contribution in [3.8, 4) is 5.75 Å². The second-order valence-corrected chi connectivity index (χ2v) is 4.89. The van der Waals surface area contributed by atoms with Crippen LogP contribution in [0.5, 0.6) is 5.75 Å². The Morgan fingerprint density at radius 3 is 2.50 bits per heavy atom. The Morgan fingerprint density at radius 1 is 1.09 bits per heavy atom. The smallest absolute Gasteiger partial charge is 0.187 e. The lowest BCUT2D eigenvalue weighted by Crippen LogP contribution is -2.06. The summed E-state index contributed by atoms with van der Waals surface area (Å²) in [4.78, 5) is 16.6. The molecule has 0 fully saturated rings. The van der Waals surface area contributed by atoms with Crippen molar-refractivity contribution in [1.29, 1.82) is 0 Å². The van der Waals surface area contributed by atoms with Gasteiger partial charge in [0.05, 0.1) is 5.52 Å². The summed E-state index contributed by atoms with van der Waals surface area (Å²) < 4.78 is 26.7. The number of phenols is 1. The molecule has 1 heterocycles. The van der Waals surface area contributed by atoms with E-state index in [-0.39, 0.29) is 17.8 Å². The van der Waals surface area contributed by atoms with E-state index in [9.17, 15) is 13.6 Å². The molecular formula is C17H11F2NO2. The first-order chi connectivity index (χ1) is 10.6. The molecule has 22 heavy (non-hydrogen) atoms. The van der Waals surface area contributed by atoms with Gasteiger partial charge in [0, 0.05) is 23.6 Å². The lowest BCUT2D eigenvalue weighted by Gasteiger charge is -2.06. The van der Waals surface area contributed by atoms with Gasteiger partial charge in [-0.15, -0.1) is 0 Å². The number of carbonyl (C=O) groups excluding carboxylic acids is 1. The summed E-state index contributed by atoms with van der Waals surface area (Å²) >= 11 is 0. The van der Waals surface area contributed by atoms with Crippen molar-refractivity contribution in [2.24, 2.45) is 0 Å². The van der Waals surface area contributed by atoms with Gasteiger partial charge in [-0.25, -0.2) is 8.78 Å². The average molecular weight is 299 g/mol. The molecule has 0 aliphatic heterocycles. The molecule has 5 heteroatoms. The van der Waals surface area contributed by atoms with Crippen molar-refractivity contribution in [3.05, 3.63) is 71.4 Å². The maximum absolute atomic E-state index is 13.3. The third-order valence-corrected chi connectivity index (χ3v) is 3.37. The number of aromatic nitrogens is 1. The zero-order chi connectivity index (χ0) is 15.7. The van der Waals surface area contributed by atoms with Gasteiger partial charge < -0.3 is 5.11 Å². The number of benzene rings is 2. The van der Waals surface area contributed by atoms with E-state index in [1.807, 2.05) is 12.1 Å². The van der Waals surface area contributed by atoms with Crippen LogP contribution in [0.15, 0.2) is 48.7 Å². The first-order valence-electron chi connectivity index (χ1n) is 6.60. The summed E-state index contributed by atoms with van der Waals surface area (Å²) in [7, 11) is 0. The zero-order valence-electron chi connectivity index (χ0n) is 11.4. The quantitative estimate of drug-likeness (QED) is 0.751.